The van der Waals surface area contributed by atoms with E-state index in [0.29, 0.717) is 23.1 Å². The Balaban J connectivity index is 1.69. The van der Waals surface area contributed by atoms with Crippen LogP contribution < -0.4 is 0 Å². The van der Waals surface area contributed by atoms with Crippen LogP contribution in [0, 0.1) is 5.92 Å². The van der Waals surface area contributed by atoms with Crippen molar-refractivity contribution in [3.8, 4) is 0 Å². The second-order valence-electron chi connectivity index (χ2n) is 7.54. The van der Waals surface area contributed by atoms with Gasteiger partial charge < -0.3 is 9.80 Å². The molecule has 140 valence electrons. The molecule has 2 heterocycles. The minimum absolute atomic E-state index is 0.0406. The van der Waals surface area contributed by atoms with E-state index >= 15 is 0 Å². The summed E-state index contributed by atoms with van der Waals surface area (Å²) >= 11 is 5.91. The van der Waals surface area contributed by atoms with E-state index < -0.39 is 0 Å². The lowest BCUT2D eigenvalue weighted by Crippen LogP contribution is -2.50. The standard InChI is InChI=1S/C21H27ClN2O2/c1-15-9-12-23(13-10-15)21(26)19-4-3-11-24(19)20(25)16(2)14-17-5-7-18(22)8-6-17/h5-8,14-15,19H,3-4,9-13H2,1-2H3/b16-14+/t19-/m1/s1. The Hall–Kier alpha value is -1.81. The van der Waals surface area contributed by atoms with Gasteiger partial charge in [-0.25, -0.2) is 0 Å². The highest BCUT2D eigenvalue weighted by atomic mass is 35.5. The average molecular weight is 375 g/mol. The van der Waals surface area contributed by atoms with Gasteiger partial charge in [0, 0.05) is 30.2 Å². The van der Waals surface area contributed by atoms with Crippen molar-refractivity contribution in [1.82, 2.24) is 9.80 Å². The summed E-state index contributed by atoms with van der Waals surface area (Å²) in [5.74, 6) is 0.771. The molecule has 0 spiro atoms. The van der Waals surface area contributed by atoms with Gasteiger partial charge in [0.05, 0.1) is 0 Å². The van der Waals surface area contributed by atoms with Crippen LogP contribution in [0.3, 0.4) is 0 Å². The molecule has 3 rings (SSSR count). The number of amides is 2. The first-order chi connectivity index (χ1) is 12.5. The summed E-state index contributed by atoms with van der Waals surface area (Å²) in [6, 6.07) is 7.10. The molecule has 0 unspecified atom stereocenters. The van der Waals surface area contributed by atoms with Crippen LogP contribution in [0.1, 0.15) is 45.1 Å². The maximum atomic E-state index is 12.9. The van der Waals surface area contributed by atoms with Gasteiger partial charge in [-0.05, 0) is 62.3 Å². The van der Waals surface area contributed by atoms with Crippen LogP contribution in [-0.4, -0.2) is 47.3 Å². The van der Waals surface area contributed by atoms with Gasteiger partial charge in [0.1, 0.15) is 6.04 Å². The first kappa shape index (κ1) is 19.0. The quantitative estimate of drug-likeness (QED) is 0.750. The van der Waals surface area contributed by atoms with Gasteiger partial charge in [0.25, 0.3) is 0 Å². The van der Waals surface area contributed by atoms with E-state index in [9.17, 15) is 9.59 Å². The maximum absolute atomic E-state index is 12.9. The number of carbonyl (C=O) groups excluding carboxylic acids is 2. The van der Waals surface area contributed by atoms with Crippen molar-refractivity contribution in [3.63, 3.8) is 0 Å². The molecule has 2 saturated heterocycles. The predicted molar refractivity (Wildman–Crippen MR) is 105 cm³/mol. The summed E-state index contributed by atoms with van der Waals surface area (Å²) in [5.41, 5.74) is 1.59. The summed E-state index contributed by atoms with van der Waals surface area (Å²) in [4.78, 5) is 29.6. The highest BCUT2D eigenvalue weighted by Gasteiger charge is 2.37. The Morgan fingerprint density at radius 3 is 2.38 bits per heavy atom. The van der Waals surface area contributed by atoms with E-state index in [2.05, 4.69) is 6.92 Å². The lowest BCUT2D eigenvalue weighted by Gasteiger charge is -2.34. The number of benzene rings is 1. The molecule has 26 heavy (non-hydrogen) atoms. The molecule has 1 aromatic carbocycles. The molecule has 2 aliphatic rings. The van der Waals surface area contributed by atoms with E-state index in [1.54, 1.807) is 4.90 Å². The molecule has 0 radical (unpaired) electrons. The smallest absolute Gasteiger partial charge is 0.250 e. The minimum atomic E-state index is -0.301. The second kappa shape index (κ2) is 8.26. The van der Waals surface area contributed by atoms with E-state index in [4.69, 9.17) is 11.6 Å². The molecule has 1 aromatic rings. The summed E-state index contributed by atoms with van der Waals surface area (Å²) in [5, 5.41) is 0.673. The Morgan fingerprint density at radius 2 is 1.73 bits per heavy atom. The molecule has 0 N–H and O–H groups in total. The number of hydrogen-bond donors (Lipinski definition) is 0. The van der Waals surface area contributed by atoms with Crippen LogP contribution in [0.5, 0.6) is 0 Å². The first-order valence-corrected chi connectivity index (χ1v) is 9.87. The third-order valence-electron chi connectivity index (χ3n) is 5.48. The van der Waals surface area contributed by atoms with Crippen LogP contribution in [0.2, 0.25) is 5.02 Å². The molecule has 0 aliphatic carbocycles. The number of carbonyl (C=O) groups is 2. The number of hydrogen-bond acceptors (Lipinski definition) is 2. The van der Waals surface area contributed by atoms with Crippen LogP contribution in [0.15, 0.2) is 29.8 Å². The highest BCUT2D eigenvalue weighted by Crippen LogP contribution is 2.25. The molecule has 1 atom stereocenters. The number of rotatable bonds is 3. The van der Waals surface area contributed by atoms with E-state index in [1.807, 2.05) is 42.2 Å². The first-order valence-electron chi connectivity index (χ1n) is 9.49. The zero-order chi connectivity index (χ0) is 18.7. The normalized spacial score (nSPS) is 22.0. The lowest BCUT2D eigenvalue weighted by atomic mass is 9.98. The number of piperidine rings is 1. The Kier molecular flexibility index (Phi) is 6.02. The lowest BCUT2D eigenvalue weighted by molar-refractivity contribution is -0.143. The van der Waals surface area contributed by atoms with Crippen molar-refractivity contribution < 1.29 is 9.59 Å². The molecule has 5 heteroatoms. The van der Waals surface area contributed by atoms with Crippen molar-refractivity contribution >= 4 is 29.5 Å². The Morgan fingerprint density at radius 1 is 1.08 bits per heavy atom. The topological polar surface area (TPSA) is 40.6 Å². The monoisotopic (exact) mass is 374 g/mol. The summed E-state index contributed by atoms with van der Waals surface area (Å²) in [7, 11) is 0. The zero-order valence-electron chi connectivity index (χ0n) is 15.6. The molecule has 2 aliphatic heterocycles. The van der Waals surface area contributed by atoms with Crippen LogP contribution in [0.25, 0.3) is 6.08 Å². The van der Waals surface area contributed by atoms with Gasteiger partial charge in [0.2, 0.25) is 11.8 Å². The molecule has 2 amide bonds. The maximum Gasteiger partial charge on any atom is 0.250 e. The van der Waals surface area contributed by atoms with Crippen LogP contribution in [0.4, 0.5) is 0 Å². The molecule has 0 bridgehead atoms. The van der Waals surface area contributed by atoms with Gasteiger partial charge in [-0.15, -0.1) is 0 Å². The molecular formula is C21H27ClN2O2. The average Bonchev–Trinajstić information content (AvgIpc) is 3.12. The molecular weight excluding hydrogens is 348 g/mol. The Labute approximate surface area is 160 Å². The van der Waals surface area contributed by atoms with Crippen molar-refractivity contribution in [2.45, 2.75) is 45.6 Å². The predicted octanol–water partition coefficient (Wildman–Crippen LogP) is 3.99. The largest absolute Gasteiger partial charge is 0.341 e. The minimum Gasteiger partial charge on any atom is -0.341 e. The third-order valence-corrected chi connectivity index (χ3v) is 5.74. The molecule has 0 saturated carbocycles. The van der Waals surface area contributed by atoms with Crippen molar-refractivity contribution in [3.05, 3.63) is 40.4 Å². The number of halogens is 1. The molecule has 2 fully saturated rings. The van der Waals surface area contributed by atoms with E-state index in [1.165, 1.54) is 0 Å². The summed E-state index contributed by atoms with van der Waals surface area (Å²) in [6.45, 7) is 6.35. The third kappa shape index (κ3) is 4.29. The van der Waals surface area contributed by atoms with Crippen LogP contribution in [-0.2, 0) is 9.59 Å². The summed E-state index contributed by atoms with van der Waals surface area (Å²) < 4.78 is 0. The van der Waals surface area contributed by atoms with Crippen molar-refractivity contribution in [1.29, 1.82) is 0 Å². The fraction of sp³-hybridized carbons (Fsp3) is 0.524. The van der Waals surface area contributed by atoms with Crippen LogP contribution >= 0.6 is 11.6 Å². The van der Waals surface area contributed by atoms with Gasteiger partial charge in [-0.3, -0.25) is 9.59 Å². The second-order valence-corrected chi connectivity index (χ2v) is 7.98. The van der Waals surface area contributed by atoms with Gasteiger partial charge in [0.15, 0.2) is 0 Å². The fourth-order valence-electron chi connectivity index (χ4n) is 3.80. The number of likely N-dealkylation sites (tertiary alicyclic amines) is 2. The fourth-order valence-corrected chi connectivity index (χ4v) is 3.93. The zero-order valence-corrected chi connectivity index (χ0v) is 16.3. The van der Waals surface area contributed by atoms with E-state index in [-0.39, 0.29) is 17.9 Å². The SMILES string of the molecule is C/C(=C\c1ccc(Cl)cc1)C(=O)N1CCC[C@@H]1C(=O)N1CCC(C)CC1. The molecule has 0 aromatic heterocycles. The van der Waals surface area contributed by atoms with Gasteiger partial charge in [-0.1, -0.05) is 30.7 Å². The van der Waals surface area contributed by atoms with Gasteiger partial charge >= 0.3 is 0 Å². The van der Waals surface area contributed by atoms with Crippen molar-refractivity contribution in [2.75, 3.05) is 19.6 Å². The summed E-state index contributed by atoms with van der Waals surface area (Å²) in [6.07, 6.45) is 5.64. The van der Waals surface area contributed by atoms with Crippen molar-refractivity contribution in [2.24, 2.45) is 5.92 Å². The number of nitrogens with zero attached hydrogens (tertiary/aromatic N) is 2. The van der Waals surface area contributed by atoms with Gasteiger partial charge in [-0.2, -0.15) is 0 Å². The highest BCUT2D eigenvalue weighted by molar-refractivity contribution is 6.30. The van der Waals surface area contributed by atoms with E-state index in [0.717, 1.165) is 44.3 Å². The Bertz CT molecular complexity index is 690. The molecule has 4 nitrogen and oxygen atoms in total.